The van der Waals surface area contributed by atoms with Crippen molar-refractivity contribution >= 4 is 5.78 Å². The van der Waals surface area contributed by atoms with Crippen LogP contribution in [0, 0.1) is 0 Å². The number of carbonyl (C=O) groups excluding carboxylic acids is 1. The normalized spacial score (nSPS) is 16.4. The summed E-state index contributed by atoms with van der Waals surface area (Å²) in [6.07, 6.45) is 0.0334. The van der Waals surface area contributed by atoms with Gasteiger partial charge >= 0.3 is 0 Å². The van der Waals surface area contributed by atoms with E-state index < -0.39 is 0 Å². The van der Waals surface area contributed by atoms with Gasteiger partial charge in [-0.25, -0.2) is 0 Å². The van der Waals surface area contributed by atoms with E-state index in [2.05, 4.69) is 0 Å². The van der Waals surface area contributed by atoms with Crippen molar-refractivity contribution in [3.05, 3.63) is 59.7 Å². The van der Waals surface area contributed by atoms with Crippen LogP contribution >= 0.6 is 0 Å². The predicted octanol–water partition coefficient (Wildman–Crippen LogP) is 3.83. The second-order valence-corrected chi connectivity index (χ2v) is 5.43. The number of rotatable bonds is 4. The monoisotopic (exact) mass is 282 g/mol. The number of hydrogen-bond acceptors (Lipinski definition) is 3. The van der Waals surface area contributed by atoms with Crippen LogP contribution in [0.4, 0.5) is 0 Å². The van der Waals surface area contributed by atoms with Crippen molar-refractivity contribution in [1.82, 2.24) is 0 Å². The SMILES string of the molecule is CC(C)Oc1ccccc1C(=O)C1COc2ccccc21. The maximum absolute atomic E-state index is 12.9. The van der Waals surface area contributed by atoms with E-state index in [0.717, 1.165) is 11.3 Å². The van der Waals surface area contributed by atoms with Gasteiger partial charge in [0.2, 0.25) is 0 Å². The molecule has 1 aliphatic rings. The van der Waals surface area contributed by atoms with Crippen LogP contribution in [-0.4, -0.2) is 18.5 Å². The molecule has 21 heavy (non-hydrogen) atoms. The van der Waals surface area contributed by atoms with E-state index in [1.54, 1.807) is 0 Å². The number of carbonyl (C=O) groups is 1. The number of benzene rings is 2. The van der Waals surface area contributed by atoms with Gasteiger partial charge in [0.1, 0.15) is 18.1 Å². The van der Waals surface area contributed by atoms with Crippen LogP contribution in [0.15, 0.2) is 48.5 Å². The van der Waals surface area contributed by atoms with Crippen molar-refractivity contribution in [2.24, 2.45) is 0 Å². The number of para-hydroxylation sites is 2. The van der Waals surface area contributed by atoms with Gasteiger partial charge in [-0.3, -0.25) is 4.79 Å². The maximum Gasteiger partial charge on any atom is 0.177 e. The largest absolute Gasteiger partial charge is 0.492 e. The highest BCUT2D eigenvalue weighted by molar-refractivity contribution is 6.04. The van der Waals surface area contributed by atoms with Gasteiger partial charge in [-0.05, 0) is 32.0 Å². The van der Waals surface area contributed by atoms with Crippen LogP contribution in [0.3, 0.4) is 0 Å². The van der Waals surface area contributed by atoms with Crippen molar-refractivity contribution in [2.45, 2.75) is 25.9 Å². The number of ketones is 1. The molecule has 3 rings (SSSR count). The minimum atomic E-state index is -0.252. The zero-order valence-corrected chi connectivity index (χ0v) is 12.2. The molecule has 0 aliphatic carbocycles. The molecule has 108 valence electrons. The molecule has 1 atom stereocenters. The van der Waals surface area contributed by atoms with E-state index in [4.69, 9.17) is 9.47 Å². The van der Waals surface area contributed by atoms with Crippen molar-refractivity contribution < 1.29 is 14.3 Å². The van der Waals surface area contributed by atoms with Gasteiger partial charge in [-0.15, -0.1) is 0 Å². The molecule has 0 fully saturated rings. The van der Waals surface area contributed by atoms with Crippen molar-refractivity contribution in [3.63, 3.8) is 0 Å². The van der Waals surface area contributed by atoms with Gasteiger partial charge in [-0.2, -0.15) is 0 Å². The Hall–Kier alpha value is -2.29. The standard InChI is InChI=1S/C18H18O3/c1-12(2)21-17-10-6-4-8-14(17)18(19)15-11-20-16-9-5-3-7-13(15)16/h3-10,12,15H,11H2,1-2H3. The molecular formula is C18H18O3. The molecule has 2 aromatic rings. The molecule has 0 amide bonds. The van der Waals surface area contributed by atoms with Gasteiger partial charge in [-0.1, -0.05) is 30.3 Å². The van der Waals surface area contributed by atoms with Gasteiger partial charge in [0, 0.05) is 5.56 Å². The summed E-state index contributed by atoms with van der Waals surface area (Å²) >= 11 is 0. The zero-order valence-electron chi connectivity index (χ0n) is 12.2. The Balaban J connectivity index is 1.94. The smallest absolute Gasteiger partial charge is 0.177 e. The fourth-order valence-electron chi connectivity index (χ4n) is 2.59. The summed E-state index contributed by atoms with van der Waals surface area (Å²) in [7, 11) is 0. The van der Waals surface area contributed by atoms with E-state index in [1.807, 2.05) is 62.4 Å². The fraction of sp³-hybridized carbons (Fsp3) is 0.278. The molecule has 3 nitrogen and oxygen atoms in total. The van der Waals surface area contributed by atoms with Crippen molar-refractivity contribution in [3.8, 4) is 11.5 Å². The van der Waals surface area contributed by atoms with Gasteiger partial charge in [0.15, 0.2) is 5.78 Å². The molecule has 0 spiro atoms. The number of fused-ring (bicyclic) bond motifs is 1. The number of ether oxygens (including phenoxy) is 2. The minimum Gasteiger partial charge on any atom is -0.492 e. The van der Waals surface area contributed by atoms with Crippen LogP contribution in [0.5, 0.6) is 11.5 Å². The Kier molecular flexibility index (Phi) is 3.65. The van der Waals surface area contributed by atoms with Gasteiger partial charge in [0.05, 0.1) is 17.6 Å². The Morgan fingerprint density at radius 1 is 1.14 bits per heavy atom. The lowest BCUT2D eigenvalue weighted by atomic mass is 9.92. The average molecular weight is 282 g/mol. The van der Waals surface area contributed by atoms with E-state index in [-0.39, 0.29) is 17.8 Å². The van der Waals surface area contributed by atoms with Crippen LogP contribution < -0.4 is 9.47 Å². The Morgan fingerprint density at radius 3 is 2.67 bits per heavy atom. The van der Waals surface area contributed by atoms with E-state index in [1.165, 1.54) is 0 Å². The Bertz CT molecular complexity index is 661. The third-order valence-corrected chi connectivity index (χ3v) is 3.53. The second kappa shape index (κ2) is 5.60. The molecule has 1 heterocycles. The first-order chi connectivity index (χ1) is 10.2. The first kappa shape index (κ1) is 13.7. The zero-order chi connectivity index (χ0) is 14.8. The number of hydrogen-bond donors (Lipinski definition) is 0. The highest BCUT2D eigenvalue weighted by atomic mass is 16.5. The summed E-state index contributed by atoms with van der Waals surface area (Å²) in [5, 5.41) is 0. The van der Waals surface area contributed by atoms with Gasteiger partial charge < -0.3 is 9.47 Å². The summed E-state index contributed by atoms with van der Waals surface area (Å²) < 4.78 is 11.4. The molecule has 0 bridgehead atoms. The van der Waals surface area contributed by atoms with Crippen LogP contribution in [-0.2, 0) is 0 Å². The molecule has 0 N–H and O–H groups in total. The highest BCUT2D eigenvalue weighted by Gasteiger charge is 2.32. The molecule has 3 heteroatoms. The third kappa shape index (κ3) is 2.64. The molecule has 0 aromatic heterocycles. The topological polar surface area (TPSA) is 35.5 Å². The van der Waals surface area contributed by atoms with E-state index in [0.29, 0.717) is 17.9 Å². The molecule has 1 aliphatic heterocycles. The molecule has 0 radical (unpaired) electrons. The van der Waals surface area contributed by atoms with Crippen molar-refractivity contribution in [2.75, 3.05) is 6.61 Å². The number of Topliss-reactive ketones (excluding diaryl/α,β-unsaturated/α-hetero) is 1. The van der Waals surface area contributed by atoms with Gasteiger partial charge in [0.25, 0.3) is 0 Å². The quantitative estimate of drug-likeness (QED) is 0.799. The molecular weight excluding hydrogens is 264 g/mol. The maximum atomic E-state index is 12.9. The summed E-state index contributed by atoms with van der Waals surface area (Å²) in [5.41, 5.74) is 1.58. The van der Waals surface area contributed by atoms with Crippen LogP contribution in [0.1, 0.15) is 35.7 Å². The Labute approximate surface area is 124 Å². The first-order valence-electron chi connectivity index (χ1n) is 7.18. The lowest BCUT2D eigenvalue weighted by molar-refractivity contribution is 0.0941. The lowest BCUT2D eigenvalue weighted by Crippen LogP contribution is -2.17. The summed E-state index contributed by atoms with van der Waals surface area (Å²) in [4.78, 5) is 12.9. The Morgan fingerprint density at radius 2 is 1.86 bits per heavy atom. The van der Waals surface area contributed by atoms with Crippen LogP contribution in [0.25, 0.3) is 0 Å². The minimum absolute atomic E-state index is 0.0334. The molecule has 0 saturated heterocycles. The summed E-state index contributed by atoms with van der Waals surface area (Å²) in [6.45, 7) is 4.30. The molecule has 2 aromatic carbocycles. The van der Waals surface area contributed by atoms with E-state index in [9.17, 15) is 4.79 Å². The highest BCUT2D eigenvalue weighted by Crippen LogP contribution is 2.37. The first-order valence-corrected chi connectivity index (χ1v) is 7.18. The second-order valence-electron chi connectivity index (χ2n) is 5.43. The predicted molar refractivity (Wildman–Crippen MR) is 81.2 cm³/mol. The fourth-order valence-corrected chi connectivity index (χ4v) is 2.59. The van der Waals surface area contributed by atoms with Crippen LogP contribution in [0.2, 0.25) is 0 Å². The molecule has 1 unspecified atom stereocenters. The third-order valence-electron chi connectivity index (χ3n) is 3.53. The van der Waals surface area contributed by atoms with E-state index >= 15 is 0 Å². The summed E-state index contributed by atoms with van der Waals surface area (Å²) in [5.74, 6) is 1.24. The van der Waals surface area contributed by atoms with Crippen molar-refractivity contribution in [1.29, 1.82) is 0 Å². The summed E-state index contributed by atoms with van der Waals surface area (Å²) in [6, 6.07) is 15.1. The lowest BCUT2D eigenvalue weighted by Gasteiger charge is -2.15. The molecule has 0 saturated carbocycles. The average Bonchev–Trinajstić information content (AvgIpc) is 2.90.